The van der Waals surface area contributed by atoms with Crippen molar-refractivity contribution in [1.29, 1.82) is 0 Å². The van der Waals surface area contributed by atoms with Gasteiger partial charge in [-0.3, -0.25) is 9.78 Å². The zero-order chi connectivity index (χ0) is 18.5. The predicted octanol–water partition coefficient (Wildman–Crippen LogP) is 4.72. The van der Waals surface area contributed by atoms with Crippen molar-refractivity contribution in [3.05, 3.63) is 83.0 Å². The molecule has 5 heteroatoms. The van der Waals surface area contributed by atoms with E-state index in [-0.39, 0.29) is 5.78 Å². The lowest BCUT2D eigenvalue weighted by molar-refractivity contribution is -0.140. The smallest absolute Gasteiger partial charge is 0.331 e. The van der Waals surface area contributed by atoms with Crippen molar-refractivity contribution in [2.75, 3.05) is 0 Å². The van der Waals surface area contributed by atoms with Crippen LogP contribution in [0.15, 0.2) is 66.9 Å². The number of esters is 1. The Hall–Kier alpha value is -2.98. The minimum Gasteiger partial charge on any atom is -0.451 e. The highest BCUT2D eigenvalue weighted by atomic mass is 35.5. The Kier molecular flexibility index (Phi) is 5.44. The minimum atomic E-state index is -0.906. The first-order valence-electron chi connectivity index (χ1n) is 8.07. The van der Waals surface area contributed by atoms with E-state index in [2.05, 4.69) is 4.98 Å². The molecule has 3 aromatic rings. The number of Topliss-reactive ketones (excluding diaryl/α,β-unsaturated/α-hetero) is 1. The van der Waals surface area contributed by atoms with Crippen molar-refractivity contribution >= 4 is 40.3 Å². The van der Waals surface area contributed by atoms with Gasteiger partial charge in [0.2, 0.25) is 5.78 Å². The van der Waals surface area contributed by atoms with Crippen LogP contribution in [-0.4, -0.2) is 22.8 Å². The van der Waals surface area contributed by atoms with Crippen LogP contribution in [0.4, 0.5) is 0 Å². The monoisotopic (exact) mass is 365 g/mol. The number of ether oxygens (including phenoxy) is 1. The van der Waals surface area contributed by atoms with Gasteiger partial charge in [0.15, 0.2) is 6.10 Å². The molecule has 1 atom stereocenters. The highest BCUT2D eigenvalue weighted by Crippen LogP contribution is 2.17. The third-order valence-electron chi connectivity index (χ3n) is 3.83. The molecule has 0 amide bonds. The summed E-state index contributed by atoms with van der Waals surface area (Å²) in [5.74, 6) is -0.901. The molecule has 0 radical (unpaired) electrons. The molecule has 0 spiro atoms. The van der Waals surface area contributed by atoms with Crippen LogP contribution in [-0.2, 0) is 9.53 Å². The molecule has 0 bridgehead atoms. The van der Waals surface area contributed by atoms with Gasteiger partial charge in [-0.1, -0.05) is 48.0 Å². The van der Waals surface area contributed by atoms with Gasteiger partial charge in [-0.2, -0.15) is 0 Å². The highest BCUT2D eigenvalue weighted by molar-refractivity contribution is 6.31. The van der Waals surface area contributed by atoms with Gasteiger partial charge in [-0.15, -0.1) is 0 Å². The van der Waals surface area contributed by atoms with Crippen LogP contribution < -0.4 is 0 Å². The number of aromatic nitrogens is 1. The van der Waals surface area contributed by atoms with Gasteiger partial charge in [-0.05, 0) is 31.2 Å². The summed E-state index contributed by atoms with van der Waals surface area (Å²) in [6, 6.07) is 16.0. The molecule has 1 heterocycles. The highest BCUT2D eigenvalue weighted by Gasteiger charge is 2.18. The normalized spacial score (nSPS) is 12.2. The Labute approximate surface area is 156 Å². The van der Waals surface area contributed by atoms with E-state index in [9.17, 15) is 9.59 Å². The number of hydrogen-bond donors (Lipinski definition) is 0. The molecular weight excluding hydrogens is 350 g/mol. The topological polar surface area (TPSA) is 56.3 Å². The SMILES string of the molecule is CC(OC(=O)/C=C/c1cccc2cccnc12)C(=O)c1cccc(Cl)c1. The Morgan fingerprint density at radius 2 is 1.88 bits per heavy atom. The molecule has 3 rings (SSSR count). The van der Waals surface area contributed by atoms with Gasteiger partial charge < -0.3 is 4.74 Å². The van der Waals surface area contributed by atoms with Crippen molar-refractivity contribution in [3.63, 3.8) is 0 Å². The van der Waals surface area contributed by atoms with Crippen LogP contribution >= 0.6 is 11.6 Å². The number of fused-ring (bicyclic) bond motifs is 1. The molecule has 0 saturated carbocycles. The van der Waals surface area contributed by atoms with Crippen molar-refractivity contribution in [3.8, 4) is 0 Å². The van der Waals surface area contributed by atoms with E-state index < -0.39 is 12.1 Å². The molecule has 1 unspecified atom stereocenters. The third-order valence-corrected chi connectivity index (χ3v) is 4.07. The van der Waals surface area contributed by atoms with Crippen LogP contribution in [0.5, 0.6) is 0 Å². The molecule has 0 fully saturated rings. The number of hydrogen-bond acceptors (Lipinski definition) is 4. The van der Waals surface area contributed by atoms with Crippen LogP contribution in [0.1, 0.15) is 22.8 Å². The molecule has 0 aliphatic heterocycles. The van der Waals surface area contributed by atoms with Crippen LogP contribution in [0, 0.1) is 0 Å². The number of nitrogens with zero attached hydrogens (tertiary/aromatic N) is 1. The first kappa shape index (κ1) is 17.8. The minimum absolute atomic E-state index is 0.305. The summed E-state index contributed by atoms with van der Waals surface area (Å²) in [4.78, 5) is 28.7. The van der Waals surface area contributed by atoms with Gasteiger partial charge in [0, 0.05) is 33.8 Å². The van der Waals surface area contributed by atoms with Gasteiger partial charge in [0.1, 0.15) is 0 Å². The molecule has 26 heavy (non-hydrogen) atoms. The summed E-state index contributed by atoms with van der Waals surface area (Å²) >= 11 is 5.89. The summed E-state index contributed by atoms with van der Waals surface area (Å²) in [6.07, 6.45) is 3.72. The van der Waals surface area contributed by atoms with E-state index >= 15 is 0 Å². The largest absolute Gasteiger partial charge is 0.451 e. The fourth-order valence-corrected chi connectivity index (χ4v) is 2.75. The first-order chi connectivity index (χ1) is 12.5. The standard InChI is InChI=1S/C21H16ClNO3/c1-14(21(25)17-7-3-9-18(22)13-17)26-19(24)11-10-16-6-2-5-15-8-4-12-23-20(15)16/h2-14H,1H3/b11-10+. The van der Waals surface area contributed by atoms with Gasteiger partial charge >= 0.3 is 5.97 Å². The maximum atomic E-state index is 12.3. The molecule has 0 aliphatic carbocycles. The third kappa shape index (κ3) is 4.16. The van der Waals surface area contributed by atoms with E-state index in [4.69, 9.17) is 16.3 Å². The maximum absolute atomic E-state index is 12.3. The van der Waals surface area contributed by atoms with E-state index in [0.29, 0.717) is 10.6 Å². The summed E-state index contributed by atoms with van der Waals surface area (Å²) in [5.41, 5.74) is 2.00. The molecule has 0 aliphatic rings. The van der Waals surface area contributed by atoms with Gasteiger partial charge in [0.05, 0.1) is 5.52 Å². The molecule has 2 aromatic carbocycles. The second kappa shape index (κ2) is 7.93. The van der Waals surface area contributed by atoms with E-state index in [1.165, 1.54) is 13.0 Å². The number of rotatable bonds is 5. The predicted molar refractivity (Wildman–Crippen MR) is 102 cm³/mol. The fraction of sp³-hybridized carbons (Fsp3) is 0.0952. The average Bonchev–Trinajstić information content (AvgIpc) is 2.65. The molecule has 1 aromatic heterocycles. The maximum Gasteiger partial charge on any atom is 0.331 e. The van der Waals surface area contributed by atoms with E-state index in [1.807, 2.05) is 30.3 Å². The lowest BCUT2D eigenvalue weighted by Gasteiger charge is -2.11. The number of ketones is 1. The first-order valence-corrected chi connectivity index (χ1v) is 8.44. The lowest BCUT2D eigenvalue weighted by atomic mass is 10.1. The van der Waals surface area contributed by atoms with Crippen LogP contribution in [0.25, 0.3) is 17.0 Å². The Morgan fingerprint density at radius 1 is 1.12 bits per heavy atom. The Bertz CT molecular complexity index is 992. The average molecular weight is 366 g/mol. The summed E-state index contributed by atoms with van der Waals surface area (Å²) in [7, 11) is 0. The quantitative estimate of drug-likeness (QED) is 0.373. The number of carbonyl (C=O) groups is 2. The number of carbonyl (C=O) groups excluding carboxylic acids is 2. The fourth-order valence-electron chi connectivity index (χ4n) is 2.56. The number of para-hydroxylation sites is 1. The van der Waals surface area contributed by atoms with Crippen LogP contribution in [0.3, 0.4) is 0 Å². The second-order valence-corrected chi connectivity index (χ2v) is 6.15. The molecule has 4 nitrogen and oxygen atoms in total. The van der Waals surface area contributed by atoms with Crippen LogP contribution in [0.2, 0.25) is 5.02 Å². The Morgan fingerprint density at radius 3 is 2.69 bits per heavy atom. The second-order valence-electron chi connectivity index (χ2n) is 5.71. The number of halogens is 1. The lowest BCUT2D eigenvalue weighted by Crippen LogP contribution is -2.23. The number of benzene rings is 2. The zero-order valence-electron chi connectivity index (χ0n) is 14.1. The van der Waals surface area contributed by atoms with Crippen molar-refractivity contribution in [1.82, 2.24) is 4.98 Å². The zero-order valence-corrected chi connectivity index (χ0v) is 14.8. The van der Waals surface area contributed by atoms with E-state index in [0.717, 1.165) is 16.5 Å². The van der Waals surface area contributed by atoms with E-state index in [1.54, 1.807) is 36.5 Å². The summed E-state index contributed by atoms with van der Waals surface area (Å²) in [6.45, 7) is 1.54. The molecule has 0 saturated heterocycles. The Balaban J connectivity index is 1.70. The van der Waals surface area contributed by atoms with Crippen molar-refractivity contribution in [2.45, 2.75) is 13.0 Å². The molecule has 130 valence electrons. The van der Waals surface area contributed by atoms with Gasteiger partial charge in [-0.25, -0.2) is 4.79 Å². The van der Waals surface area contributed by atoms with Crippen molar-refractivity contribution in [2.24, 2.45) is 0 Å². The summed E-state index contributed by atoms with van der Waals surface area (Å²) < 4.78 is 5.20. The van der Waals surface area contributed by atoms with Crippen molar-refractivity contribution < 1.29 is 14.3 Å². The molecular formula is C21H16ClNO3. The molecule has 0 N–H and O–H groups in total. The number of pyridine rings is 1. The summed E-state index contributed by atoms with van der Waals surface area (Å²) in [5, 5.41) is 1.44. The van der Waals surface area contributed by atoms with Gasteiger partial charge in [0.25, 0.3) is 0 Å².